The fourth-order valence-electron chi connectivity index (χ4n) is 2.33. The van der Waals surface area contributed by atoms with Crippen LogP contribution < -0.4 is 15.0 Å². The maximum absolute atomic E-state index is 5.31. The third-order valence-corrected chi connectivity index (χ3v) is 3.44. The Labute approximate surface area is 121 Å². The lowest BCUT2D eigenvalue weighted by molar-refractivity contribution is 0.414. The van der Waals surface area contributed by atoms with Crippen molar-refractivity contribution in [1.29, 1.82) is 0 Å². The molecule has 0 aliphatic heterocycles. The Morgan fingerprint density at radius 2 is 1.65 bits per heavy atom. The van der Waals surface area contributed by atoms with Crippen molar-refractivity contribution in [1.82, 2.24) is 5.32 Å². The van der Waals surface area contributed by atoms with Gasteiger partial charge in [-0.3, -0.25) is 0 Å². The summed E-state index contributed by atoms with van der Waals surface area (Å²) in [6.45, 7) is 0. The van der Waals surface area contributed by atoms with E-state index in [0.29, 0.717) is 0 Å². The summed E-state index contributed by atoms with van der Waals surface area (Å²) in [6, 6.07) is 16.9. The first-order valence-electron chi connectivity index (χ1n) is 6.74. The first-order valence-corrected chi connectivity index (χ1v) is 6.74. The molecule has 0 fully saturated rings. The van der Waals surface area contributed by atoms with E-state index < -0.39 is 0 Å². The predicted octanol–water partition coefficient (Wildman–Crippen LogP) is 3.07. The molecular weight excluding hydrogens is 248 g/mol. The van der Waals surface area contributed by atoms with Crippen LogP contribution in [-0.2, 0) is 0 Å². The highest BCUT2D eigenvalue weighted by molar-refractivity contribution is 5.49. The number of nitrogens with one attached hydrogen (secondary N) is 1. The van der Waals surface area contributed by atoms with Crippen LogP contribution in [-0.4, -0.2) is 28.3 Å². The van der Waals surface area contributed by atoms with Crippen LogP contribution in [0, 0.1) is 0 Å². The molecule has 0 radical (unpaired) electrons. The van der Waals surface area contributed by atoms with Gasteiger partial charge in [0.2, 0.25) is 0 Å². The Kier molecular flexibility index (Phi) is 4.64. The highest BCUT2D eigenvalue weighted by atomic mass is 16.5. The third kappa shape index (κ3) is 3.11. The molecule has 0 spiro atoms. The lowest BCUT2D eigenvalue weighted by Crippen LogP contribution is -2.18. The van der Waals surface area contributed by atoms with Crippen LogP contribution in [0.3, 0.4) is 0 Å². The second-order valence-corrected chi connectivity index (χ2v) is 4.99. The van der Waals surface area contributed by atoms with Gasteiger partial charge in [0, 0.05) is 19.8 Å². The number of rotatable bonds is 5. The number of ether oxygens (including phenoxy) is 1. The molecular formula is C17H22N2O. The van der Waals surface area contributed by atoms with Crippen LogP contribution in [0.1, 0.15) is 17.2 Å². The van der Waals surface area contributed by atoms with E-state index >= 15 is 0 Å². The number of benzene rings is 2. The molecule has 1 unspecified atom stereocenters. The fraction of sp³-hybridized carbons (Fsp3) is 0.294. The molecule has 3 nitrogen and oxygen atoms in total. The molecule has 1 atom stereocenters. The van der Waals surface area contributed by atoms with Gasteiger partial charge >= 0.3 is 0 Å². The largest absolute Gasteiger partial charge is 0.497 e. The maximum Gasteiger partial charge on any atom is 0.119 e. The van der Waals surface area contributed by atoms with Crippen molar-refractivity contribution < 1.29 is 4.74 Å². The smallest absolute Gasteiger partial charge is 0.119 e. The van der Waals surface area contributed by atoms with Gasteiger partial charge in [-0.2, -0.15) is 0 Å². The Hall–Kier alpha value is -2.00. The first kappa shape index (κ1) is 14.4. The summed E-state index contributed by atoms with van der Waals surface area (Å²) in [7, 11) is 7.78. The van der Waals surface area contributed by atoms with Gasteiger partial charge in [0.25, 0.3) is 0 Å². The van der Waals surface area contributed by atoms with Gasteiger partial charge in [-0.25, -0.2) is 0 Å². The molecule has 106 valence electrons. The number of anilines is 1. The van der Waals surface area contributed by atoms with Crippen molar-refractivity contribution in [3.8, 4) is 5.75 Å². The minimum atomic E-state index is 0.157. The van der Waals surface area contributed by atoms with Gasteiger partial charge in [0.05, 0.1) is 13.2 Å². The topological polar surface area (TPSA) is 24.5 Å². The average molecular weight is 270 g/mol. The second kappa shape index (κ2) is 6.44. The Bertz CT molecular complexity index is 566. The van der Waals surface area contributed by atoms with Crippen molar-refractivity contribution in [2.45, 2.75) is 6.04 Å². The summed E-state index contributed by atoms with van der Waals surface area (Å²) in [5.41, 5.74) is 3.64. The van der Waals surface area contributed by atoms with Crippen molar-refractivity contribution in [2.24, 2.45) is 0 Å². The first-order chi connectivity index (χ1) is 9.65. The lowest BCUT2D eigenvalue weighted by Gasteiger charge is -2.20. The Morgan fingerprint density at radius 1 is 1.00 bits per heavy atom. The molecule has 0 aromatic heterocycles. The molecule has 0 heterocycles. The lowest BCUT2D eigenvalue weighted by atomic mass is 9.98. The molecule has 2 aromatic carbocycles. The molecule has 3 heteroatoms. The van der Waals surface area contributed by atoms with Crippen molar-refractivity contribution >= 4 is 5.69 Å². The zero-order chi connectivity index (χ0) is 14.5. The summed E-state index contributed by atoms with van der Waals surface area (Å²) in [6.07, 6.45) is 0. The van der Waals surface area contributed by atoms with Gasteiger partial charge in [-0.15, -0.1) is 0 Å². The summed E-state index contributed by atoms with van der Waals surface area (Å²) < 4.78 is 5.31. The van der Waals surface area contributed by atoms with Gasteiger partial charge in [-0.05, 0) is 42.4 Å². The highest BCUT2D eigenvalue weighted by Crippen LogP contribution is 2.27. The normalized spacial score (nSPS) is 12.0. The number of nitrogens with zero attached hydrogens (tertiary/aromatic N) is 1. The monoisotopic (exact) mass is 270 g/mol. The zero-order valence-corrected chi connectivity index (χ0v) is 12.6. The van der Waals surface area contributed by atoms with Crippen molar-refractivity contribution in [3.05, 3.63) is 59.7 Å². The quantitative estimate of drug-likeness (QED) is 0.903. The fourth-order valence-corrected chi connectivity index (χ4v) is 2.33. The Morgan fingerprint density at radius 3 is 2.25 bits per heavy atom. The van der Waals surface area contributed by atoms with Gasteiger partial charge in [0.1, 0.15) is 5.75 Å². The summed E-state index contributed by atoms with van der Waals surface area (Å²) in [4.78, 5) is 2.11. The molecule has 1 N–H and O–H groups in total. The predicted molar refractivity (Wildman–Crippen MR) is 84.7 cm³/mol. The minimum absolute atomic E-state index is 0.157. The third-order valence-electron chi connectivity index (χ3n) is 3.44. The Balaban J connectivity index is 2.38. The number of hydrogen-bond acceptors (Lipinski definition) is 3. The van der Waals surface area contributed by atoms with E-state index in [0.717, 1.165) is 5.75 Å². The van der Waals surface area contributed by atoms with E-state index in [1.54, 1.807) is 7.11 Å². The van der Waals surface area contributed by atoms with E-state index in [9.17, 15) is 0 Å². The van der Waals surface area contributed by atoms with Crippen LogP contribution in [0.5, 0.6) is 5.75 Å². The van der Waals surface area contributed by atoms with E-state index in [-0.39, 0.29) is 6.04 Å². The van der Waals surface area contributed by atoms with E-state index in [4.69, 9.17) is 4.74 Å². The van der Waals surface area contributed by atoms with E-state index in [2.05, 4.69) is 60.7 Å². The molecule has 2 rings (SSSR count). The van der Waals surface area contributed by atoms with Crippen LogP contribution in [0.2, 0.25) is 0 Å². The zero-order valence-electron chi connectivity index (χ0n) is 12.6. The van der Waals surface area contributed by atoms with Crippen LogP contribution >= 0.6 is 0 Å². The SMILES string of the molecule is CNC(c1cccc(OC)c1)c1cccc(N(C)C)c1. The average Bonchev–Trinajstić information content (AvgIpc) is 2.48. The number of hydrogen-bond donors (Lipinski definition) is 1. The van der Waals surface area contributed by atoms with Crippen LogP contribution in [0.4, 0.5) is 5.69 Å². The van der Waals surface area contributed by atoms with Crippen molar-refractivity contribution in [3.63, 3.8) is 0 Å². The second-order valence-electron chi connectivity index (χ2n) is 4.99. The van der Waals surface area contributed by atoms with Gasteiger partial charge < -0.3 is 15.0 Å². The van der Waals surface area contributed by atoms with Gasteiger partial charge in [-0.1, -0.05) is 24.3 Å². The molecule has 0 amide bonds. The molecule has 0 saturated heterocycles. The summed E-state index contributed by atoms with van der Waals surface area (Å²) in [5, 5.41) is 3.38. The van der Waals surface area contributed by atoms with Crippen LogP contribution in [0.25, 0.3) is 0 Å². The highest BCUT2D eigenvalue weighted by Gasteiger charge is 2.13. The molecule has 0 aliphatic carbocycles. The molecule has 0 aliphatic rings. The minimum Gasteiger partial charge on any atom is -0.497 e. The summed E-state index contributed by atoms with van der Waals surface area (Å²) in [5.74, 6) is 0.881. The maximum atomic E-state index is 5.31. The standard InChI is InChI=1S/C17H22N2O/c1-18-17(14-8-6-10-16(12-14)20-4)13-7-5-9-15(11-13)19(2)3/h5-12,17-18H,1-4H3. The van der Waals surface area contributed by atoms with Gasteiger partial charge in [0.15, 0.2) is 0 Å². The number of methoxy groups -OCH3 is 1. The molecule has 0 saturated carbocycles. The van der Waals surface area contributed by atoms with E-state index in [1.807, 2.05) is 19.2 Å². The van der Waals surface area contributed by atoms with Crippen LogP contribution in [0.15, 0.2) is 48.5 Å². The molecule has 20 heavy (non-hydrogen) atoms. The van der Waals surface area contributed by atoms with E-state index in [1.165, 1.54) is 16.8 Å². The summed E-state index contributed by atoms with van der Waals surface area (Å²) >= 11 is 0. The van der Waals surface area contributed by atoms with Crippen molar-refractivity contribution in [2.75, 3.05) is 33.2 Å². The molecule has 0 bridgehead atoms. The molecule has 2 aromatic rings.